The summed E-state index contributed by atoms with van der Waals surface area (Å²) in [7, 11) is -4.46. The van der Waals surface area contributed by atoms with Gasteiger partial charge in [0.05, 0.1) is 15.9 Å². The summed E-state index contributed by atoms with van der Waals surface area (Å²) in [6.07, 6.45) is 0. The summed E-state index contributed by atoms with van der Waals surface area (Å²) in [5.74, 6) is 0. The smallest absolute Gasteiger partial charge is 0.285 e. The molecular formula is C7H4N2O7S. The molecule has 0 unspecified atom stereocenters. The van der Waals surface area contributed by atoms with Crippen molar-refractivity contribution in [3.8, 4) is 0 Å². The minimum absolute atomic E-state index is 0.457. The van der Waals surface area contributed by atoms with Crippen molar-refractivity contribution in [1.82, 2.24) is 0 Å². The van der Waals surface area contributed by atoms with E-state index in [4.69, 9.17) is 0 Å². The van der Waals surface area contributed by atoms with Gasteiger partial charge in [0.25, 0.3) is 11.4 Å². The number of nitrogens with zero attached hydrogens (tertiary/aromatic N) is 2. The molecule has 0 bridgehead atoms. The van der Waals surface area contributed by atoms with Crippen LogP contribution in [0, 0.1) is 20.2 Å². The molecule has 0 aliphatic carbocycles. The van der Waals surface area contributed by atoms with Gasteiger partial charge in [-0.05, 0) is 6.07 Å². The maximum atomic E-state index is 11.2. The SMILES string of the molecule is O=CS(=O)(=O)c1ccc([N+](=O)[O-])cc1[N+](=O)[O-]. The summed E-state index contributed by atoms with van der Waals surface area (Å²) in [4.78, 5) is 28.3. The van der Waals surface area contributed by atoms with E-state index < -0.39 is 41.6 Å². The highest BCUT2D eigenvalue weighted by Crippen LogP contribution is 2.28. The van der Waals surface area contributed by atoms with Crippen molar-refractivity contribution in [1.29, 1.82) is 0 Å². The van der Waals surface area contributed by atoms with E-state index in [2.05, 4.69) is 0 Å². The van der Waals surface area contributed by atoms with Crippen LogP contribution >= 0.6 is 0 Å². The van der Waals surface area contributed by atoms with E-state index in [1.165, 1.54) is 0 Å². The molecule has 0 saturated heterocycles. The molecule has 0 aromatic heterocycles. The molecule has 1 aromatic carbocycles. The predicted molar refractivity (Wildman–Crippen MR) is 53.7 cm³/mol. The fraction of sp³-hybridized carbons (Fsp3) is 0. The van der Waals surface area contributed by atoms with Gasteiger partial charge in [-0.25, -0.2) is 8.42 Å². The molecule has 0 heterocycles. The Kier molecular flexibility index (Phi) is 3.18. The fourth-order valence-electron chi connectivity index (χ4n) is 1.05. The van der Waals surface area contributed by atoms with E-state index in [1.807, 2.05) is 0 Å². The van der Waals surface area contributed by atoms with Gasteiger partial charge in [-0.3, -0.25) is 25.0 Å². The van der Waals surface area contributed by atoms with Gasteiger partial charge in [0.15, 0.2) is 4.90 Å². The Morgan fingerprint density at radius 2 is 1.71 bits per heavy atom. The van der Waals surface area contributed by atoms with Gasteiger partial charge >= 0.3 is 0 Å². The molecule has 9 nitrogen and oxygen atoms in total. The van der Waals surface area contributed by atoms with Crippen molar-refractivity contribution in [3.05, 3.63) is 38.4 Å². The first-order chi connectivity index (χ1) is 7.79. The lowest BCUT2D eigenvalue weighted by atomic mass is 10.3. The zero-order valence-corrected chi connectivity index (χ0v) is 8.79. The van der Waals surface area contributed by atoms with E-state index in [-0.39, 0.29) is 0 Å². The second kappa shape index (κ2) is 4.25. The number of sulfone groups is 1. The van der Waals surface area contributed by atoms with Crippen LogP contribution in [0.4, 0.5) is 11.4 Å². The largest absolute Gasteiger partial charge is 0.295 e. The van der Waals surface area contributed by atoms with E-state index in [9.17, 15) is 33.4 Å². The van der Waals surface area contributed by atoms with Crippen molar-refractivity contribution >= 4 is 26.8 Å². The Morgan fingerprint density at radius 1 is 1.12 bits per heavy atom. The normalized spacial score (nSPS) is 10.8. The van der Waals surface area contributed by atoms with Crippen molar-refractivity contribution in [2.24, 2.45) is 0 Å². The Balaban J connectivity index is 3.59. The standard InChI is InChI=1S/C7H4N2O7S/c10-4-17(15,16)7-2-1-5(8(11)12)3-6(7)9(13)14/h1-4H. The zero-order valence-electron chi connectivity index (χ0n) is 7.97. The molecule has 0 N–H and O–H groups in total. The Hall–Kier alpha value is -2.36. The molecule has 0 spiro atoms. The molecule has 0 fully saturated rings. The van der Waals surface area contributed by atoms with Crippen LogP contribution in [0.1, 0.15) is 0 Å². The highest BCUT2D eigenvalue weighted by Gasteiger charge is 2.27. The van der Waals surface area contributed by atoms with Crippen molar-refractivity contribution in [2.75, 3.05) is 0 Å². The van der Waals surface area contributed by atoms with Crippen LogP contribution < -0.4 is 0 Å². The first kappa shape index (κ1) is 12.7. The topological polar surface area (TPSA) is 137 Å². The van der Waals surface area contributed by atoms with Crippen LogP contribution in [0.3, 0.4) is 0 Å². The van der Waals surface area contributed by atoms with Gasteiger partial charge in [-0.15, -0.1) is 0 Å². The number of hydrogen-bond donors (Lipinski definition) is 0. The molecule has 0 aliphatic rings. The highest BCUT2D eigenvalue weighted by atomic mass is 32.2. The lowest BCUT2D eigenvalue weighted by Gasteiger charge is -1.99. The number of carbonyl (C=O) groups is 1. The first-order valence-corrected chi connectivity index (χ1v) is 5.47. The molecule has 1 rings (SSSR count). The van der Waals surface area contributed by atoms with E-state index in [0.717, 1.165) is 6.07 Å². The minimum Gasteiger partial charge on any atom is -0.285 e. The van der Waals surface area contributed by atoms with Crippen molar-refractivity contribution < 1.29 is 23.1 Å². The Labute approximate surface area is 93.9 Å². The molecule has 0 radical (unpaired) electrons. The highest BCUT2D eigenvalue weighted by molar-refractivity contribution is 8.04. The molecule has 0 aliphatic heterocycles. The second-order valence-electron chi connectivity index (χ2n) is 2.81. The third kappa shape index (κ3) is 2.42. The summed E-state index contributed by atoms with van der Waals surface area (Å²) >= 11 is 0. The minimum atomic E-state index is -4.46. The molecule has 1 aromatic rings. The first-order valence-electron chi connectivity index (χ1n) is 3.92. The van der Waals surface area contributed by atoms with E-state index in [1.54, 1.807) is 0 Å². The van der Waals surface area contributed by atoms with Crippen LogP contribution in [0.5, 0.6) is 0 Å². The third-order valence-electron chi connectivity index (χ3n) is 1.78. The molecule has 10 heteroatoms. The molecular weight excluding hydrogens is 256 g/mol. The van der Waals surface area contributed by atoms with Gasteiger partial charge < -0.3 is 0 Å². The molecule has 0 saturated carbocycles. The average molecular weight is 260 g/mol. The van der Waals surface area contributed by atoms with Gasteiger partial charge in [0.2, 0.25) is 15.5 Å². The molecule has 0 amide bonds. The van der Waals surface area contributed by atoms with Crippen LogP contribution in [-0.4, -0.2) is 23.9 Å². The quantitative estimate of drug-likeness (QED) is 0.435. The summed E-state index contributed by atoms with van der Waals surface area (Å²) in [5, 5.41) is 20.9. The van der Waals surface area contributed by atoms with Crippen molar-refractivity contribution in [2.45, 2.75) is 4.90 Å². The van der Waals surface area contributed by atoms with Crippen LogP contribution in [0.25, 0.3) is 0 Å². The molecule has 0 atom stereocenters. The third-order valence-corrected chi connectivity index (χ3v) is 2.99. The maximum absolute atomic E-state index is 11.2. The predicted octanol–water partition coefficient (Wildman–Crippen LogP) is 0.467. The number of benzene rings is 1. The van der Waals surface area contributed by atoms with Crippen LogP contribution in [0.15, 0.2) is 23.1 Å². The van der Waals surface area contributed by atoms with Crippen LogP contribution in [0.2, 0.25) is 0 Å². The zero-order chi connectivity index (χ0) is 13.2. The molecule has 90 valence electrons. The lowest BCUT2D eigenvalue weighted by molar-refractivity contribution is -0.396. The molecule has 17 heavy (non-hydrogen) atoms. The van der Waals surface area contributed by atoms with E-state index in [0.29, 0.717) is 12.1 Å². The number of hydrogen-bond acceptors (Lipinski definition) is 7. The number of nitro benzene ring substituents is 2. The number of nitro groups is 2. The average Bonchev–Trinajstić information content (AvgIpc) is 2.28. The van der Waals surface area contributed by atoms with Gasteiger partial charge in [0, 0.05) is 6.07 Å². The lowest BCUT2D eigenvalue weighted by Crippen LogP contribution is -2.06. The summed E-state index contributed by atoms with van der Waals surface area (Å²) < 4.78 is 22.3. The van der Waals surface area contributed by atoms with Crippen LogP contribution in [-0.2, 0) is 14.6 Å². The Morgan fingerprint density at radius 3 is 2.12 bits per heavy atom. The maximum Gasteiger partial charge on any atom is 0.295 e. The van der Waals surface area contributed by atoms with Gasteiger partial charge in [0.1, 0.15) is 0 Å². The van der Waals surface area contributed by atoms with Gasteiger partial charge in [-0.1, -0.05) is 0 Å². The number of rotatable bonds is 4. The number of non-ortho nitro benzene ring substituents is 1. The number of carbonyl (C=O) groups excluding carboxylic acids is 1. The summed E-state index contributed by atoms with van der Waals surface area (Å²) in [6.45, 7) is 0. The van der Waals surface area contributed by atoms with E-state index >= 15 is 0 Å². The second-order valence-corrected chi connectivity index (χ2v) is 4.53. The van der Waals surface area contributed by atoms with Gasteiger partial charge in [-0.2, -0.15) is 0 Å². The monoisotopic (exact) mass is 260 g/mol. The summed E-state index contributed by atoms with van der Waals surface area (Å²) in [6, 6.07) is 1.90. The Bertz CT molecular complexity index is 607. The summed E-state index contributed by atoms with van der Waals surface area (Å²) in [5.41, 5.74) is -2.10. The van der Waals surface area contributed by atoms with Crippen molar-refractivity contribution in [3.63, 3.8) is 0 Å². The fourth-order valence-corrected chi connectivity index (χ4v) is 1.84.